The van der Waals surface area contributed by atoms with E-state index in [1.165, 1.54) is 12.1 Å². The number of aromatic nitrogens is 3. The molecule has 1 aliphatic heterocycles. The van der Waals surface area contributed by atoms with Crippen molar-refractivity contribution in [3.8, 4) is 0 Å². The fourth-order valence-corrected chi connectivity index (χ4v) is 2.85. The Morgan fingerprint density at radius 3 is 2.85 bits per heavy atom. The van der Waals surface area contributed by atoms with Crippen LogP contribution < -0.4 is 15.5 Å². The monoisotopic (exact) mass is 477 g/mol. The van der Waals surface area contributed by atoms with Crippen molar-refractivity contribution in [2.24, 2.45) is 12.0 Å². The molecule has 7 nitrogen and oxygen atoms in total. The molecule has 0 saturated carbocycles. The molecule has 2 N–H and O–H groups in total. The third-order valence-corrected chi connectivity index (χ3v) is 4.22. The van der Waals surface area contributed by atoms with E-state index in [1.54, 1.807) is 13.4 Å². The Kier molecular flexibility index (Phi) is 7.12. The van der Waals surface area contributed by atoms with E-state index >= 15 is 0 Å². The standard InChI is InChI=1S/C16H21F2N7.HI/c1-19-16(20-8-15-23-21-10-24(15)2)22-12-5-6-25(9-12)14-4-3-11(17)7-13(14)18;/h3-4,7,10,12H,5-6,8-9H2,1-2H3,(H2,19,20,22);1H. The summed E-state index contributed by atoms with van der Waals surface area (Å²) in [4.78, 5) is 6.11. The Morgan fingerprint density at radius 1 is 1.38 bits per heavy atom. The lowest BCUT2D eigenvalue weighted by molar-refractivity contribution is 0.580. The second-order valence-electron chi connectivity index (χ2n) is 5.96. The van der Waals surface area contributed by atoms with Gasteiger partial charge in [0.25, 0.3) is 0 Å². The summed E-state index contributed by atoms with van der Waals surface area (Å²) in [5.41, 5.74) is 0.424. The average Bonchev–Trinajstić information content (AvgIpc) is 3.20. The maximum atomic E-state index is 13.9. The number of hydrogen-bond donors (Lipinski definition) is 2. The number of aryl methyl sites for hydroxylation is 1. The van der Waals surface area contributed by atoms with E-state index in [1.807, 2.05) is 16.5 Å². The van der Waals surface area contributed by atoms with Crippen molar-refractivity contribution >= 4 is 35.6 Å². The highest BCUT2D eigenvalue weighted by Gasteiger charge is 2.25. The summed E-state index contributed by atoms with van der Waals surface area (Å²) in [5, 5.41) is 14.3. The van der Waals surface area contributed by atoms with Gasteiger partial charge in [-0.1, -0.05) is 0 Å². The zero-order valence-electron chi connectivity index (χ0n) is 14.6. The van der Waals surface area contributed by atoms with Crippen LogP contribution in [0.3, 0.4) is 0 Å². The zero-order valence-corrected chi connectivity index (χ0v) is 16.9. The van der Waals surface area contributed by atoms with Crippen LogP contribution in [0.15, 0.2) is 29.5 Å². The number of nitrogens with one attached hydrogen (secondary N) is 2. The summed E-state index contributed by atoms with van der Waals surface area (Å²) in [6.45, 7) is 1.81. The van der Waals surface area contributed by atoms with Gasteiger partial charge in [-0.25, -0.2) is 8.78 Å². The minimum Gasteiger partial charge on any atom is -0.367 e. The highest BCUT2D eigenvalue weighted by Crippen LogP contribution is 2.24. The highest BCUT2D eigenvalue weighted by atomic mass is 127. The van der Waals surface area contributed by atoms with Crippen LogP contribution in [0.1, 0.15) is 12.2 Å². The van der Waals surface area contributed by atoms with E-state index in [-0.39, 0.29) is 30.0 Å². The predicted molar refractivity (Wildman–Crippen MR) is 107 cm³/mol. The molecule has 1 unspecified atom stereocenters. The number of hydrogen-bond acceptors (Lipinski definition) is 4. The van der Waals surface area contributed by atoms with Gasteiger partial charge in [0.2, 0.25) is 0 Å². The maximum Gasteiger partial charge on any atom is 0.191 e. The molecule has 3 rings (SSSR count). The summed E-state index contributed by atoms with van der Waals surface area (Å²) in [6.07, 6.45) is 2.47. The van der Waals surface area contributed by atoms with Gasteiger partial charge < -0.3 is 20.1 Å². The summed E-state index contributed by atoms with van der Waals surface area (Å²) < 4.78 is 28.8. The van der Waals surface area contributed by atoms with Gasteiger partial charge in [-0.2, -0.15) is 0 Å². The molecule has 0 radical (unpaired) electrons. The van der Waals surface area contributed by atoms with Crippen molar-refractivity contribution in [1.29, 1.82) is 0 Å². The van der Waals surface area contributed by atoms with Crippen molar-refractivity contribution in [3.63, 3.8) is 0 Å². The largest absolute Gasteiger partial charge is 0.367 e. The topological polar surface area (TPSA) is 70.4 Å². The second-order valence-corrected chi connectivity index (χ2v) is 5.96. The molecule has 2 heterocycles. The quantitative estimate of drug-likeness (QED) is 0.399. The Morgan fingerprint density at radius 2 is 2.19 bits per heavy atom. The van der Waals surface area contributed by atoms with Gasteiger partial charge in [0.15, 0.2) is 11.8 Å². The van der Waals surface area contributed by atoms with Crippen molar-refractivity contribution in [3.05, 3.63) is 42.0 Å². The van der Waals surface area contributed by atoms with Gasteiger partial charge in [0.1, 0.15) is 18.0 Å². The summed E-state index contributed by atoms with van der Waals surface area (Å²) in [6, 6.07) is 3.79. The van der Waals surface area contributed by atoms with Crippen LogP contribution in [-0.4, -0.2) is 46.9 Å². The second kappa shape index (κ2) is 9.10. The molecule has 1 aromatic carbocycles. The normalized spacial score (nSPS) is 17.2. The van der Waals surface area contributed by atoms with Gasteiger partial charge >= 0.3 is 0 Å². The Bertz CT molecular complexity index is 765. The molecule has 26 heavy (non-hydrogen) atoms. The van der Waals surface area contributed by atoms with E-state index in [9.17, 15) is 8.78 Å². The fraction of sp³-hybridized carbons (Fsp3) is 0.438. The first kappa shape index (κ1) is 20.3. The van der Waals surface area contributed by atoms with Gasteiger partial charge in [0, 0.05) is 39.3 Å². The molecular weight excluding hydrogens is 455 g/mol. The number of benzene rings is 1. The molecule has 1 aliphatic rings. The molecule has 10 heteroatoms. The molecule has 1 aromatic heterocycles. The van der Waals surface area contributed by atoms with Crippen molar-refractivity contribution in [2.75, 3.05) is 25.0 Å². The average molecular weight is 477 g/mol. The number of anilines is 1. The Hall–Kier alpha value is -1.98. The smallest absolute Gasteiger partial charge is 0.191 e. The zero-order chi connectivity index (χ0) is 17.8. The third-order valence-electron chi connectivity index (χ3n) is 4.22. The fourth-order valence-electron chi connectivity index (χ4n) is 2.85. The summed E-state index contributed by atoms with van der Waals surface area (Å²) in [7, 11) is 3.57. The Balaban J connectivity index is 0.00000243. The number of guanidine groups is 1. The molecule has 2 aromatic rings. The summed E-state index contributed by atoms with van der Waals surface area (Å²) in [5.74, 6) is 0.341. The van der Waals surface area contributed by atoms with E-state index in [0.29, 0.717) is 31.3 Å². The van der Waals surface area contributed by atoms with Crippen LogP contribution in [0, 0.1) is 11.6 Å². The van der Waals surface area contributed by atoms with E-state index in [2.05, 4.69) is 25.8 Å². The molecule has 1 atom stereocenters. The van der Waals surface area contributed by atoms with Crippen LogP contribution in [0.4, 0.5) is 14.5 Å². The van der Waals surface area contributed by atoms with Crippen LogP contribution in [0.5, 0.6) is 0 Å². The number of rotatable bonds is 4. The molecule has 0 bridgehead atoms. The van der Waals surface area contributed by atoms with Gasteiger partial charge in [0.05, 0.1) is 12.2 Å². The van der Waals surface area contributed by atoms with E-state index in [4.69, 9.17) is 0 Å². The predicted octanol–water partition coefficient (Wildman–Crippen LogP) is 1.66. The minimum atomic E-state index is -0.566. The lowest BCUT2D eigenvalue weighted by atomic mass is 10.2. The number of aliphatic imine (C=N–C) groups is 1. The third kappa shape index (κ3) is 4.80. The molecule has 0 aliphatic carbocycles. The lowest BCUT2D eigenvalue weighted by Crippen LogP contribution is -2.44. The van der Waals surface area contributed by atoms with Crippen molar-refractivity contribution in [2.45, 2.75) is 19.0 Å². The van der Waals surface area contributed by atoms with Gasteiger partial charge in [-0.3, -0.25) is 4.99 Å². The van der Waals surface area contributed by atoms with Crippen LogP contribution in [0.2, 0.25) is 0 Å². The first-order valence-electron chi connectivity index (χ1n) is 8.07. The Labute approximate surface area is 167 Å². The lowest BCUT2D eigenvalue weighted by Gasteiger charge is -2.20. The van der Waals surface area contributed by atoms with Crippen molar-refractivity contribution < 1.29 is 8.78 Å². The molecule has 142 valence electrons. The molecule has 1 fully saturated rings. The maximum absolute atomic E-state index is 13.9. The van der Waals surface area contributed by atoms with Crippen LogP contribution >= 0.6 is 24.0 Å². The summed E-state index contributed by atoms with van der Waals surface area (Å²) >= 11 is 0. The SMILES string of the molecule is CN=C(NCc1nncn1C)NC1CCN(c2ccc(F)cc2F)C1.I. The first-order valence-corrected chi connectivity index (χ1v) is 8.07. The molecule has 0 spiro atoms. The molecule has 1 saturated heterocycles. The number of halogens is 3. The first-order chi connectivity index (χ1) is 12.1. The van der Waals surface area contributed by atoms with Gasteiger partial charge in [-0.05, 0) is 18.6 Å². The van der Waals surface area contributed by atoms with E-state index < -0.39 is 11.6 Å². The van der Waals surface area contributed by atoms with Crippen LogP contribution in [-0.2, 0) is 13.6 Å². The van der Waals surface area contributed by atoms with Crippen LogP contribution in [0.25, 0.3) is 0 Å². The van der Waals surface area contributed by atoms with E-state index in [0.717, 1.165) is 18.3 Å². The highest BCUT2D eigenvalue weighted by molar-refractivity contribution is 14.0. The van der Waals surface area contributed by atoms with Crippen molar-refractivity contribution in [1.82, 2.24) is 25.4 Å². The number of nitrogens with zero attached hydrogens (tertiary/aromatic N) is 5. The minimum absolute atomic E-state index is 0. The van der Waals surface area contributed by atoms with Gasteiger partial charge in [-0.15, -0.1) is 34.2 Å². The molecule has 0 amide bonds. The molecular formula is C16H22F2IN7.